The maximum atomic E-state index is 10.9. The number of rotatable bonds is 4. The van der Waals surface area contributed by atoms with Crippen LogP contribution in [0.5, 0.6) is 5.88 Å². The lowest BCUT2D eigenvalue weighted by Crippen LogP contribution is -2.26. The van der Waals surface area contributed by atoms with Gasteiger partial charge >= 0.3 is 5.88 Å². The molecule has 0 unspecified atom stereocenters. The van der Waals surface area contributed by atoms with Crippen molar-refractivity contribution in [2.45, 2.75) is 27.2 Å². The van der Waals surface area contributed by atoms with Gasteiger partial charge in [0.1, 0.15) is 0 Å². The van der Waals surface area contributed by atoms with Gasteiger partial charge in [0.2, 0.25) is 0 Å². The minimum absolute atomic E-state index is 0.167. The van der Waals surface area contributed by atoms with E-state index in [4.69, 9.17) is 4.74 Å². The van der Waals surface area contributed by atoms with Gasteiger partial charge in [0.25, 0.3) is 5.69 Å². The van der Waals surface area contributed by atoms with Crippen molar-refractivity contribution >= 4 is 0 Å². The highest BCUT2D eigenvalue weighted by Crippen LogP contribution is 2.09. The highest BCUT2D eigenvalue weighted by molar-refractivity contribution is 5.06. The van der Waals surface area contributed by atoms with Crippen LogP contribution in [0.2, 0.25) is 0 Å². The van der Waals surface area contributed by atoms with Crippen LogP contribution in [0.15, 0.2) is 4.63 Å². The summed E-state index contributed by atoms with van der Waals surface area (Å²) < 4.78 is 9.55. The highest BCUT2D eigenvalue weighted by atomic mass is 16.8. The maximum absolute atomic E-state index is 10.9. The third-order valence-corrected chi connectivity index (χ3v) is 1.66. The molecule has 0 atom stereocenters. The Morgan fingerprint density at radius 3 is 2.77 bits per heavy atom. The van der Waals surface area contributed by atoms with E-state index in [1.54, 1.807) is 6.92 Å². The number of nitrogens with zero attached hydrogens (tertiary/aromatic N) is 2. The zero-order valence-corrected chi connectivity index (χ0v) is 8.11. The van der Waals surface area contributed by atoms with Crippen molar-refractivity contribution < 1.29 is 14.3 Å². The van der Waals surface area contributed by atoms with Crippen molar-refractivity contribution in [3.05, 3.63) is 10.9 Å². The maximum Gasteiger partial charge on any atom is 0.375 e. The minimum Gasteiger partial charge on any atom is -0.457 e. The molecule has 74 valence electrons. The first-order valence-corrected chi connectivity index (χ1v) is 4.30. The van der Waals surface area contributed by atoms with Crippen molar-refractivity contribution in [2.24, 2.45) is 5.92 Å². The Hall–Kier alpha value is -1.26. The second kappa shape index (κ2) is 4.11. The lowest BCUT2D eigenvalue weighted by atomic mass is 10.1. The smallest absolute Gasteiger partial charge is 0.375 e. The van der Waals surface area contributed by atoms with Gasteiger partial charge in [-0.15, -0.1) is 0 Å². The number of hydrogen-bond donors (Lipinski definition) is 0. The molecule has 5 heteroatoms. The topological polar surface area (TPSA) is 62.2 Å². The Balaban J connectivity index is 2.44. The Morgan fingerprint density at radius 2 is 2.31 bits per heavy atom. The fourth-order valence-electron chi connectivity index (χ4n) is 0.855. The Kier molecular flexibility index (Phi) is 3.11. The average molecular weight is 186 g/mol. The van der Waals surface area contributed by atoms with Crippen molar-refractivity contribution in [3.8, 4) is 5.88 Å². The van der Waals surface area contributed by atoms with Gasteiger partial charge in [-0.05, 0) is 17.2 Å². The van der Waals surface area contributed by atoms with E-state index < -0.39 is 0 Å². The third-order valence-electron chi connectivity index (χ3n) is 1.66. The molecule has 1 aromatic heterocycles. The summed E-state index contributed by atoms with van der Waals surface area (Å²) >= 11 is 0. The van der Waals surface area contributed by atoms with Crippen LogP contribution in [-0.2, 0) is 0 Å². The van der Waals surface area contributed by atoms with E-state index in [1.165, 1.54) is 0 Å². The summed E-state index contributed by atoms with van der Waals surface area (Å²) in [6.45, 7) is 6.37. The van der Waals surface area contributed by atoms with E-state index in [1.807, 2.05) is 0 Å². The van der Waals surface area contributed by atoms with Gasteiger partial charge in [-0.3, -0.25) is 4.63 Å². The van der Waals surface area contributed by atoms with Crippen LogP contribution in [0.3, 0.4) is 0 Å². The zero-order chi connectivity index (χ0) is 9.84. The first kappa shape index (κ1) is 9.83. The molecule has 1 rings (SSSR count). The predicted octanol–water partition coefficient (Wildman–Crippen LogP) is 1.04. The fourth-order valence-corrected chi connectivity index (χ4v) is 0.855. The monoisotopic (exact) mass is 186 g/mol. The molecule has 0 aliphatic rings. The van der Waals surface area contributed by atoms with E-state index in [-0.39, 0.29) is 10.8 Å². The number of hydrogen-bond acceptors (Lipinski definition) is 4. The Bertz CT molecular complexity index is 251. The summed E-state index contributed by atoms with van der Waals surface area (Å²) in [5.74, 6) is 0.723. The molecule has 0 spiro atoms. The Morgan fingerprint density at radius 1 is 1.62 bits per heavy atom. The molecule has 5 nitrogen and oxygen atoms in total. The van der Waals surface area contributed by atoms with Crippen molar-refractivity contribution in [2.75, 3.05) is 6.61 Å². The van der Waals surface area contributed by atoms with Crippen LogP contribution < -0.4 is 9.64 Å². The van der Waals surface area contributed by atoms with Gasteiger partial charge in [-0.25, -0.2) is 0 Å². The molecule has 0 saturated carbocycles. The largest absolute Gasteiger partial charge is 0.457 e. The molecular formula is C8H14N2O3. The summed E-state index contributed by atoms with van der Waals surface area (Å²) in [6.07, 6.45) is 0.907. The lowest BCUT2D eigenvalue weighted by Gasteiger charge is -2.04. The van der Waals surface area contributed by atoms with Gasteiger partial charge < -0.3 is 9.94 Å². The fraction of sp³-hybridized carbons (Fsp3) is 0.750. The zero-order valence-electron chi connectivity index (χ0n) is 8.11. The SMILES string of the molecule is Cc1no[n+]([O-])c1OCCC(C)C. The first-order chi connectivity index (χ1) is 6.11. The van der Waals surface area contributed by atoms with Crippen LogP contribution >= 0.6 is 0 Å². The molecule has 13 heavy (non-hydrogen) atoms. The third kappa shape index (κ3) is 2.61. The summed E-state index contributed by atoms with van der Waals surface area (Å²) in [6, 6.07) is 0. The molecule has 0 aliphatic carbocycles. The van der Waals surface area contributed by atoms with Crippen molar-refractivity contribution in [1.29, 1.82) is 0 Å². The quantitative estimate of drug-likeness (QED) is 0.659. The molecule has 1 heterocycles. The molecule has 0 amide bonds. The highest BCUT2D eigenvalue weighted by Gasteiger charge is 2.15. The van der Waals surface area contributed by atoms with Gasteiger partial charge in [-0.2, -0.15) is 0 Å². The molecule has 0 bridgehead atoms. The number of aryl methyl sites for hydroxylation is 1. The van der Waals surface area contributed by atoms with Gasteiger partial charge in [0.15, 0.2) is 0 Å². The lowest BCUT2D eigenvalue weighted by molar-refractivity contribution is -0.805. The van der Waals surface area contributed by atoms with Crippen LogP contribution in [0.1, 0.15) is 26.0 Å². The summed E-state index contributed by atoms with van der Waals surface area (Å²) in [7, 11) is 0. The molecule has 0 saturated heterocycles. The van der Waals surface area contributed by atoms with E-state index in [2.05, 4.69) is 23.6 Å². The van der Waals surface area contributed by atoms with Crippen LogP contribution in [-0.4, -0.2) is 11.8 Å². The van der Waals surface area contributed by atoms with Crippen molar-refractivity contribution in [3.63, 3.8) is 0 Å². The average Bonchev–Trinajstić information content (AvgIpc) is 2.34. The molecule has 0 radical (unpaired) electrons. The summed E-state index contributed by atoms with van der Waals surface area (Å²) in [4.78, 5) is 0.287. The molecule has 0 aliphatic heterocycles. The Labute approximate surface area is 76.8 Å². The van der Waals surface area contributed by atoms with Crippen molar-refractivity contribution in [1.82, 2.24) is 5.16 Å². The van der Waals surface area contributed by atoms with Crippen LogP contribution in [0.25, 0.3) is 0 Å². The molecule has 0 fully saturated rings. The predicted molar refractivity (Wildman–Crippen MR) is 45.2 cm³/mol. The summed E-state index contributed by atoms with van der Waals surface area (Å²) in [5.41, 5.74) is 0.485. The molecule has 0 aromatic carbocycles. The molecule has 1 aromatic rings. The van der Waals surface area contributed by atoms with Gasteiger partial charge in [0, 0.05) is 12.1 Å². The molecular weight excluding hydrogens is 172 g/mol. The second-order valence-corrected chi connectivity index (χ2v) is 3.35. The summed E-state index contributed by atoms with van der Waals surface area (Å²) in [5, 5.41) is 14.3. The van der Waals surface area contributed by atoms with Gasteiger partial charge in [-0.1, -0.05) is 13.8 Å². The van der Waals surface area contributed by atoms with E-state index in [9.17, 15) is 5.21 Å². The normalized spacial score (nSPS) is 10.8. The number of aromatic nitrogens is 2. The molecule has 0 N–H and O–H groups in total. The first-order valence-electron chi connectivity index (χ1n) is 4.30. The minimum atomic E-state index is 0.167. The van der Waals surface area contributed by atoms with Crippen LogP contribution in [0, 0.1) is 18.0 Å². The van der Waals surface area contributed by atoms with E-state index in [0.717, 1.165) is 6.42 Å². The second-order valence-electron chi connectivity index (χ2n) is 3.35. The standard InChI is InChI=1S/C8H14N2O3/c1-6(2)4-5-12-8-7(3)9-13-10(8)11/h6H,4-5H2,1-3H3. The van der Waals surface area contributed by atoms with E-state index in [0.29, 0.717) is 18.2 Å². The number of ether oxygens (including phenoxy) is 1. The van der Waals surface area contributed by atoms with Crippen LogP contribution in [0.4, 0.5) is 0 Å². The van der Waals surface area contributed by atoms with Gasteiger partial charge in [0.05, 0.1) is 6.61 Å². The van der Waals surface area contributed by atoms with E-state index >= 15 is 0 Å².